The molecule has 0 saturated carbocycles. The molecule has 2 aromatic rings. The average Bonchev–Trinajstić information content (AvgIpc) is 2.65. The standard InChI is InChI=1S/C20H23NO6/c1-12-11-16(10-7-14-5-8-15(25-3)9-6-14)27-20(24)17(12)18(22)21-13(2)19(23)26-4/h5-6,8-9,11,13H,7,10H2,1-4H3,(H,21,22)/t13-/m1/s1. The van der Waals surface area contributed by atoms with Crippen LogP contribution in [-0.2, 0) is 22.4 Å². The van der Waals surface area contributed by atoms with Crippen LogP contribution in [0.1, 0.15) is 34.2 Å². The zero-order chi connectivity index (χ0) is 20.0. The van der Waals surface area contributed by atoms with E-state index in [1.54, 1.807) is 20.1 Å². The second-order valence-corrected chi connectivity index (χ2v) is 6.12. The Morgan fingerprint density at radius 2 is 1.81 bits per heavy atom. The van der Waals surface area contributed by atoms with Crippen molar-refractivity contribution in [2.75, 3.05) is 14.2 Å². The van der Waals surface area contributed by atoms with E-state index in [4.69, 9.17) is 9.15 Å². The molecule has 144 valence electrons. The Morgan fingerprint density at radius 3 is 2.37 bits per heavy atom. The van der Waals surface area contributed by atoms with Gasteiger partial charge in [0.15, 0.2) is 0 Å². The van der Waals surface area contributed by atoms with E-state index in [9.17, 15) is 14.4 Å². The normalized spacial score (nSPS) is 11.6. The summed E-state index contributed by atoms with van der Waals surface area (Å²) in [4.78, 5) is 36.0. The second kappa shape index (κ2) is 9.02. The number of carbonyl (C=O) groups is 2. The number of nitrogens with one attached hydrogen (secondary N) is 1. The van der Waals surface area contributed by atoms with Gasteiger partial charge in [-0.2, -0.15) is 0 Å². The molecule has 0 radical (unpaired) electrons. The Morgan fingerprint density at radius 1 is 1.15 bits per heavy atom. The number of amides is 1. The van der Waals surface area contributed by atoms with E-state index in [1.807, 2.05) is 24.3 Å². The minimum absolute atomic E-state index is 0.112. The van der Waals surface area contributed by atoms with Gasteiger partial charge in [0.2, 0.25) is 0 Å². The fourth-order valence-electron chi connectivity index (χ4n) is 2.63. The topological polar surface area (TPSA) is 94.8 Å². The quantitative estimate of drug-likeness (QED) is 0.746. The van der Waals surface area contributed by atoms with Gasteiger partial charge in [0.25, 0.3) is 5.91 Å². The molecule has 1 heterocycles. The lowest BCUT2D eigenvalue weighted by atomic mass is 10.1. The highest BCUT2D eigenvalue weighted by molar-refractivity contribution is 5.97. The first-order valence-corrected chi connectivity index (χ1v) is 8.51. The SMILES string of the molecule is COC(=O)[C@@H](C)NC(=O)c1c(C)cc(CCc2ccc(OC)cc2)oc1=O. The molecular formula is C20H23NO6. The largest absolute Gasteiger partial charge is 0.497 e. The Hall–Kier alpha value is -3.09. The van der Waals surface area contributed by atoms with Crippen LogP contribution < -0.4 is 15.7 Å². The summed E-state index contributed by atoms with van der Waals surface area (Å²) in [5.41, 5.74) is 0.726. The van der Waals surface area contributed by atoms with Crippen molar-refractivity contribution < 1.29 is 23.5 Å². The van der Waals surface area contributed by atoms with Crippen LogP contribution in [0.5, 0.6) is 5.75 Å². The fourth-order valence-corrected chi connectivity index (χ4v) is 2.63. The molecule has 1 aromatic carbocycles. The third-order valence-corrected chi connectivity index (χ3v) is 4.15. The summed E-state index contributed by atoms with van der Waals surface area (Å²) in [6.45, 7) is 3.13. The number of benzene rings is 1. The number of aryl methyl sites for hydroxylation is 3. The number of hydrogen-bond donors (Lipinski definition) is 1. The minimum Gasteiger partial charge on any atom is -0.497 e. The number of rotatable bonds is 7. The Balaban J connectivity index is 2.10. The molecule has 1 atom stereocenters. The van der Waals surface area contributed by atoms with E-state index >= 15 is 0 Å². The van der Waals surface area contributed by atoms with Crippen LogP contribution in [-0.4, -0.2) is 32.1 Å². The van der Waals surface area contributed by atoms with Gasteiger partial charge in [-0.3, -0.25) is 4.79 Å². The van der Waals surface area contributed by atoms with Crippen LogP contribution in [0.15, 0.2) is 39.5 Å². The fraction of sp³-hybridized carbons (Fsp3) is 0.350. The Bertz CT molecular complexity index is 869. The predicted molar refractivity (Wildman–Crippen MR) is 99.1 cm³/mol. The molecule has 1 N–H and O–H groups in total. The minimum atomic E-state index is -0.865. The lowest BCUT2D eigenvalue weighted by molar-refractivity contribution is -0.142. The van der Waals surface area contributed by atoms with Crippen LogP contribution in [0.25, 0.3) is 0 Å². The number of esters is 1. The summed E-state index contributed by atoms with van der Waals surface area (Å²) in [6, 6.07) is 8.43. The zero-order valence-electron chi connectivity index (χ0n) is 15.8. The Labute approximate surface area is 157 Å². The van der Waals surface area contributed by atoms with Gasteiger partial charge in [-0.25, -0.2) is 9.59 Å². The van der Waals surface area contributed by atoms with Crippen molar-refractivity contribution in [3.63, 3.8) is 0 Å². The molecule has 0 saturated heterocycles. The molecular weight excluding hydrogens is 350 g/mol. The van der Waals surface area contributed by atoms with Gasteiger partial charge in [0.1, 0.15) is 23.1 Å². The van der Waals surface area contributed by atoms with Crippen LogP contribution in [0, 0.1) is 6.92 Å². The molecule has 27 heavy (non-hydrogen) atoms. The molecule has 1 aromatic heterocycles. The van der Waals surface area contributed by atoms with Crippen molar-refractivity contribution in [2.24, 2.45) is 0 Å². The van der Waals surface area contributed by atoms with Gasteiger partial charge in [-0.05, 0) is 49.6 Å². The monoisotopic (exact) mass is 373 g/mol. The maximum absolute atomic E-state index is 12.3. The van der Waals surface area contributed by atoms with Crippen molar-refractivity contribution in [3.8, 4) is 5.75 Å². The van der Waals surface area contributed by atoms with Crippen LogP contribution in [0.4, 0.5) is 0 Å². The lowest BCUT2D eigenvalue weighted by Gasteiger charge is -2.12. The molecule has 2 rings (SSSR count). The van der Waals surface area contributed by atoms with E-state index in [2.05, 4.69) is 10.1 Å². The van der Waals surface area contributed by atoms with Gasteiger partial charge in [-0.1, -0.05) is 12.1 Å². The number of ether oxygens (including phenoxy) is 2. The molecule has 7 nitrogen and oxygen atoms in total. The smallest absolute Gasteiger partial charge is 0.349 e. The van der Waals surface area contributed by atoms with Crippen molar-refractivity contribution in [1.29, 1.82) is 0 Å². The molecule has 0 spiro atoms. The molecule has 1 amide bonds. The van der Waals surface area contributed by atoms with E-state index < -0.39 is 23.5 Å². The van der Waals surface area contributed by atoms with Crippen LogP contribution >= 0.6 is 0 Å². The second-order valence-electron chi connectivity index (χ2n) is 6.12. The third-order valence-electron chi connectivity index (χ3n) is 4.15. The highest BCUT2D eigenvalue weighted by Gasteiger charge is 2.22. The maximum atomic E-state index is 12.3. The van der Waals surface area contributed by atoms with E-state index in [1.165, 1.54) is 14.0 Å². The van der Waals surface area contributed by atoms with Gasteiger partial charge >= 0.3 is 11.6 Å². The number of hydrogen-bond acceptors (Lipinski definition) is 6. The van der Waals surface area contributed by atoms with Gasteiger partial charge < -0.3 is 19.2 Å². The number of methoxy groups -OCH3 is 2. The molecule has 0 fully saturated rings. The van der Waals surface area contributed by atoms with Crippen molar-refractivity contribution in [2.45, 2.75) is 32.7 Å². The molecule has 0 aliphatic carbocycles. The molecule has 0 aliphatic rings. The highest BCUT2D eigenvalue weighted by Crippen LogP contribution is 2.14. The van der Waals surface area contributed by atoms with Crippen LogP contribution in [0.3, 0.4) is 0 Å². The molecule has 0 aliphatic heterocycles. The van der Waals surface area contributed by atoms with E-state index in [0.29, 0.717) is 24.2 Å². The number of carbonyl (C=O) groups excluding carboxylic acids is 2. The van der Waals surface area contributed by atoms with E-state index in [-0.39, 0.29) is 5.56 Å². The summed E-state index contributed by atoms with van der Waals surface area (Å²) in [5, 5.41) is 2.43. The van der Waals surface area contributed by atoms with Gasteiger partial charge in [-0.15, -0.1) is 0 Å². The van der Waals surface area contributed by atoms with Crippen LogP contribution in [0.2, 0.25) is 0 Å². The van der Waals surface area contributed by atoms with Gasteiger partial charge in [0.05, 0.1) is 14.2 Å². The summed E-state index contributed by atoms with van der Waals surface area (Å²) in [7, 11) is 2.83. The predicted octanol–water partition coefficient (Wildman–Crippen LogP) is 2.03. The summed E-state index contributed by atoms with van der Waals surface area (Å²) < 4.78 is 15.0. The summed E-state index contributed by atoms with van der Waals surface area (Å²) in [6.07, 6.45) is 1.19. The summed E-state index contributed by atoms with van der Waals surface area (Å²) >= 11 is 0. The average molecular weight is 373 g/mol. The zero-order valence-corrected chi connectivity index (χ0v) is 15.8. The molecule has 7 heteroatoms. The molecule has 0 unspecified atom stereocenters. The van der Waals surface area contributed by atoms with Crippen molar-refractivity contribution in [3.05, 3.63) is 63.2 Å². The highest BCUT2D eigenvalue weighted by atomic mass is 16.5. The third kappa shape index (κ3) is 5.20. The molecule has 0 bridgehead atoms. The first kappa shape index (κ1) is 20.2. The maximum Gasteiger partial charge on any atom is 0.349 e. The van der Waals surface area contributed by atoms with E-state index in [0.717, 1.165) is 11.3 Å². The van der Waals surface area contributed by atoms with Gasteiger partial charge in [0, 0.05) is 6.42 Å². The van der Waals surface area contributed by atoms with Crippen molar-refractivity contribution in [1.82, 2.24) is 5.32 Å². The summed E-state index contributed by atoms with van der Waals surface area (Å²) in [5.74, 6) is 0.00548. The first-order valence-electron chi connectivity index (χ1n) is 8.51. The Kier molecular flexibility index (Phi) is 6.76. The first-order chi connectivity index (χ1) is 12.8. The lowest BCUT2D eigenvalue weighted by Crippen LogP contribution is -2.41. The van der Waals surface area contributed by atoms with Crippen molar-refractivity contribution >= 4 is 11.9 Å².